The molecule has 0 fully saturated rings. The summed E-state index contributed by atoms with van der Waals surface area (Å²) in [5.74, 6) is -0.0614. The molecule has 37 heavy (non-hydrogen) atoms. The van der Waals surface area contributed by atoms with Crippen LogP contribution < -0.4 is 21.3 Å². The van der Waals surface area contributed by atoms with E-state index in [1.54, 1.807) is 0 Å². The summed E-state index contributed by atoms with van der Waals surface area (Å²) < 4.78 is 0. The Kier molecular flexibility index (Phi) is 4.72. The fraction of sp³-hybridized carbons (Fsp3) is 0.0323. The Hall–Kier alpha value is -5.10. The predicted molar refractivity (Wildman–Crippen MR) is 143 cm³/mol. The molecule has 2 aromatic rings. The van der Waals surface area contributed by atoms with Crippen molar-refractivity contribution in [3.05, 3.63) is 147 Å². The predicted octanol–water partition coefficient (Wildman–Crippen LogP) is 2.98. The zero-order chi connectivity index (χ0) is 24.9. The average Bonchev–Trinajstić information content (AvgIpc) is 3.59. The van der Waals surface area contributed by atoms with Crippen LogP contribution in [0.15, 0.2) is 125 Å². The second kappa shape index (κ2) is 8.24. The van der Waals surface area contributed by atoms with Crippen molar-refractivity contribution in [1.29, 1.82) is 0 Å². The molecule has 0 atom stereocenters. The molecule has 0 aromatic carbocycles. The highest BCUT2D eigenvalue weighted by Gasteiger charge is 2.25. The maximum Gasteiger partial charge on any atom is 0.197 e. The van der Waals surface area contributed by atoms with E-state index in [4.69, 9.17) is 0 Å². The van der Waals surface area contributed by atoms with E-state index in [1.165, 1.54) is 0 Å². The fourth-order valence-corrected chi connectivity index (χ4v) is 5.09. The quantitative estimate of drug-likeness (QED) is 0.465. The Morgan fingerprint density at radius 3 is 2.32 bits per heavy atom. The van der Waals surface area contributed by atoms with E-state index >= 15 is 0 Å². The van der Waals surface area contributed by atoms with Gasteiger partial charge < -0.3 is 20.6 Å². The molecule has 3 aliphatic heterocycles. The van der Waals surface area contributed by atoms with E-state index in [0.717, 1.165) is 44.9 Å². The minimum atomic E-state index is -0.0560. The number of carbonyl (C=O) groups excluding carboxylic acids is 2. The molecule has 2 aromatic heterocycles. The number of Topliss-reactive ketones (excluding diaryl/α,β-unsaturated/α-hetero) is 2. The van der Waals surface area contributed by atoms with Crippen LogP contribution >= 0.6 is 0 Å². The van der Waals surface area contributed by atoms with Crippen molar-refractivity contribution < 1.29 is 9.59 Å². The molecule has 0 unspecified atom stereocenters. The van der Waals surface area contributed by atoms with E-state index < -0.39 is 0 Å². The Morgan fingerprint density at radius 2 is 1.46 bits per heavy atom. The molecule has 5 aliphatic rings. The van der Waals surface area contributed by atoms with E-state index in [-0.39, 0.29) is 11.6 Å². The molecule has 0 saturated heterocycles. The number of fused-ring (bicyclic) bond motifs is 14. The van der Waals surface area contributed by atoms with Gasteiger partial charge in [0.1, 0.15) is 0 Å². The zero-order valence-electron chi connectivity index (χ0n) is 19.8. The molecule has 7 rings (SSSR count). The maximum absolute atomic E-state index is 13.6. The first-order chi connectivity index (χ1) is 18.1. The number of dihydropyridines is 2. The smallest absolute Gasteiger partial charge is 0.197 e. The first-order valence-electron chi connectivity index (χ1n) is 12.2. The van der Waals surface area contributed by atoms with Gasteiger partial charge in [0.25, 0.3) is 0 Å². The number of carbonyl (C=O) groups is 2. The van der Waals surface area contributed by atoms with Gasteiger partial charge in [-0.2, -0.15) is 0 Å². The van der Waals surface area contributed by atoms with Crippen LogP contribution in [0.1, 0.15) is 17.8 Å². The van der Waals surface area contributed by atoms with Crippen LogP contribution in [0.2, 0.25) is 0 Å². The number of hydrogen-bond acceptors (Lipinski definition) is 4. The van der Waals surface area contributed by atoms with Crippen LogP contribution in [-0.2, 0) is 9.59 Å². The molecule has 0 saturated carbocycles. The van der Waals surface area contributed by atoms with Crippen LogP contribution in [0.5, 0.6) is 0 Å². The van der Waals surface area contributed by atoms with Gasteiger partial charge in [0.05, 0.1) is 11.4 Å². The third kappa shape index (κ3) is 3.58. The highest BCUT2D eigenvalue weighted by atomic mass is 16.1. The van der Waals surface area contributed by atoms with E-state index in [0.29, 0.717) is 28.7 Å². The van der Waals surface area contributed by atoms with Crippen LogP contribution in [0.4, 0.5) is 0 Å². The van der Waals surface area contributed by atoms with Crippen molar-refractivity contribution in [3.63, 3.8) is 0 Å². The second-order valence-corrected chi connectivity index (χ2v) is 9.27. The fourth-order valence-electron chi connectivity index (χ4n) is 5.09. The van der Waals surface area contributed by atoms with Gasteiger partial charge >= 0.3 is 0 Å². The second-order valence-electron chi connectivity index (χ2n) is 9.27. The van der Waals surface area contributed by atoms with Crippen molar-refractivity contribution in [1.82, 2.24) is 20.6 Å². The molecular formula is C31H22N4O2. The standard InChI is InChI=1S/C31H22N4O2/c36-30-20-5-1-7-22(30)26-15-13-18(32-26)17-19-14-16-27(33-19)23-8-2-6-21(31(23)37)25-10-4-12-29(35-25)28-11-3-9-24(20)34-28/h1-5,7-17,32-35H,6H2. The Balaban J connectivity index is 1.44. The maximum atomic E-state index is 13.6. The molecule has 6 heteroatoms. The van der Waals surface area contributed by atoms with Crippen LogP contribution in [0, 0.1) is 0 Å². The van der Waals surface area contributed by atoms with E-state index in [1.807, 2.05) is 97.2 Å². The van der Waals surface area contributed by atoms with Crippen LogP contribution in [-0.4, -0.2) is 21.5 Å². The van der Waals surface area contributed by atoms with Gasteiger partial charge in [-0.3, -0.25) is 9.59 Å². The number of aromatic amines is 2. The number of hydrogen-bond donors (Lipinski definition) is 4. The third-order valence-electron chi connectivity index (χ3n) is 6.94. The summed E-state index contributed by atoms with van der Waals surface area (Å²) in [6.07, 6.45) is 23.6. The van der Waals surface area contributed by atoms with Crippen LogP contribution in [0.3, 0.4) is 0 Å². The Bertz CT molecular complexity index is 1820. The molecule has 5 heterocycles. The summed E-state index contributed by atoms with van der Waals surface area (Å²) in [6, 6.07) is 7.73. The summed E-state index contributed by atoms with van der Waals surface area (Å²) in [5.41, 5.74) is 7.26. The van der Waals surface area contributed by atoms with E-state index in [9.17, 15) is 9.59 Å². The minimum Gasteiger partial charge on any atom is -0.355 e. The zero-order valence-corrected chi connectivity index (χ0v) is 19.8. The highest BCUT2D eigenvalue weighted by Crippen LogP contribution is 2.28. The topological polar surface area (TPSA) is 89.8 Å². The highest BCUT2D eigenvalue weighted by molar-refractivity contribution is 6.31. The third-order valence-corrected chi connectivity index (χ3v) is 6.94. The first-order valence-corrected chi connectivity index (χ1v) is 12.2. The largest absolute Gasteiger partial charge is 0.355 e. The van der Waals surface area contributed by atoms with Crippen LogP contribution in [0.25, 0.3) is 17.2 Å². The number of nitrogens with one attached hydrogen (secondary N) is 4. The van der Waals surface area contributed by atoms with Gasteiger partial charge in [-0.25, -0.2) is 0 Å². The van der Waals surface area contributed by atoms with Gasteiger partial charge in [0.2, 0.25) is 0 Å². The normalized spacial score (nSPS) is 19.8. The number of H-pyrrole nitrogens is 2. The molecule has 0 radical (unpaired) electrons. The van der Waals surface area contributed by atoms with Crippen molar-refractivity contribution in [2.45, 2.75) is 6.42 Å². The number of aromatic nitrogens is 2. The van der Waals surface area contributed by atoms with Gasteiger partial charge in [-0.15, -0.1) is 0 Å². The lowest BCUT2D eigenvalue weighted by Crippen LogP contribution is -2.28. The lowest BCUT2D eigenvalue weighted by Gasteiger charge is -2.25. The summed E-state index contributed by atoms with van der Waals surface area (Å²) in [6.45, 7) is 0. The van der Waals surface area contributed by atoms with Crippen molar-refractivity contribution >= 4 is 28.8 Å². The molecule has 12 bridgehead atoms. The number of ketones is 2. The average molecular weight is 483 g/mol. The van der Waals surface area contributed by atoms with Gasteiger partial charge in [-0.05, 0) is 73.2 Å². The molecule has 2 aliphatic carbocycles. The molecule has 6 nitrogen and oxygen atoms in total. The monoisotopic (exact) mass is 482 g/mol. The first kappa shape index (κ1) is 21.2. The van der Waals surface area contributed by atoms with Gasteiger partial charge in [0, 0.05) is 55.8 Å². The lowest BCUT2D eigenvalue weighted by molar-refractivity contribution is -0.111. The van der Waals surface area contributed by atoms with E-state index in [2.05, 4.69) is 20.6 Å². The summed E-state index contributed by atoms with van der Waals surface area (Å²) in [5, 5.41) is 8.48. The van der Waals surface area contributed by atoms with Gasteiger partial charge in [0.15, 0.2) is 11.6 Å². The Morgan fingerprint density at radius 1 is 0.676 bits per heavy atom. The number of allylic oxidation sites excluding steroid dienone is 14. The minimum absolute atomic E-state index is 0.00543. The lowest BCUT2D eigenvalue weighted by atomic mass is 9.92. The number of rotatable bonds is 0. The SMILES string of the molecule is O=C1C2=CC=CC1=C1C=CC=C(N1)C1=CC=CC(=C3CC=CC(=c4ccc([nH]4)=Cc4ccc2[nH]4)C3=O)N1. The molecule has 0 amide bonds. The summed E-state index contributed by atoms with van der Waals surface area (Å²) in [7, 11) is 0. The van der Waals surface area contributed by atoms with Gasteiger partial charge in [-0.1, -0.05) is 30.4 Å². The molecule has 0 spiro atoms. The Labute approximate surface area is 212 Å². The molecule has 178 valence electrons. The van der Waals surface area contributed by atoms with Crippen molar-refractivity contribution in [3.8, 4) is 0 Å². The summed E-state index contributed by atoms with van der Waals surface area (Å²) in [4.78, 5) is 33.8. The molecule has 4 N–H and O–H groups in total. The summed E-state index contributed by atoms with van der Waals surface area (Å²) >= 11 is 0. The van der Waals surface area contributed by atoms with Crippen molar-refractivity contribution in [2.24, 2.45) is 0 Å². The molecular weight excluding hydrogens is 460 g/mol. The van der Waals surface area contributed by atoms with Crippen molar-refractivity contribution in [2.75, 3.05) is 0 Å².